The number of carbonyl (C=O) groups is 3. The molecule has 0 saturated heterocycles. The Bertz CT molecular complexity index is 943. The Kier molecular flexibility index (Phi) is 6.80. The van der Waals surface area contributed by atoms with Crippen LogP contribution in [0.4, 0.5) is 18.0 Å². The Hall–Kier alpha value is -3.04. The van der Waals surface area contributed by atoms with E-state index in [1.54, 1.807) is 6.92 Å². The van der Waals surface area contributed by atoms with Crippen LogP contribution in [0, 0.1) is 5.92 Å². The molecule has 0 spiro atoms. The van der Waals surface area contributed by atoms with Crippen LogP contribution in [0.15, 0.2) is 35.5 Å². The minimum atomic E-state index is -4.64. The van der Waals surface area contributed by atoms with Crippen LogP contribution in [-0.2, 0) is 15.8 Å². The molecule has 2 heterocycles. The number of nitrogens with zero attached hydrogens (tertiary/aromatic N) is 2. The van der Waals surface area contributed by atoms with Gasteiger partial charge in [-0.05, 0) is 24.5 Å². The number of halogens is 3. The number of hydrogen-bond donors (Lipinski definition) is 2. The first kappa shape index (κ1) is 23.6. The molecule has 0 bridgehead atoms. The molecule has 1 unspecified atom stereocenters. The van der Waals surface area contributed by atoms with Crippen LogP contribution in [0.5, 0.6) is 0 Å². The van der Waals surface area contributed by atoms with Gasteiger partial charge in [0.05, 0.1) is 29.4 Å². The minimum Gasteiger partial charge on any atom is -0.356 e. The van der Waals surface area contributed by atoms with E-state index in [1.165, 1.54) is 28.0 Å². The van der Waals surface area contributed by atoms with Gasteiger partial charge in [0.2, 0.25) is 5.91 Å². The maximum atomic E-state index is 13.6. The van der Waals surface area contributed by atoms with Gasteiger partial charge in [0.25, 0.3) is 5.91 Å². The molecule has 174 valence electrons. The zero-order valence-electron chi connectivity index (χ0n) is 18.3. The van der Waals surface area contributed by atoms with E-state index in [2.05, 4.69) is 10.6 Å². The lowest BCUT2D eigenvalue weighted by molar-refractivity contribution is -0.138. The van der Waals surface area contributed by atoms with Crippen LogP contribution in [0.3, 0.4) is 0 Å². The average molecular weight is 452 g/mol. The summed E-state index contributed by atoms with van der Waals surface area (Å²) in [6, 6.07) is 3.14. The lowest BCUT2D eigenvalue weighted by atomic mass is 9.91. The topological polar surface area (TPSA) is 81.8 Å². The Morgan fingerprint density at radius 2 is 1.94 bits per heavy atom. The van der Waals surface area contributed by atoms with Crippen molar-refractivity contribution in [1.29, 1.82) is 0 Å². The van der Waals surface area contributed by atoms with E-state index in [9.17, 15) is 27.6 Å². The number of nitrogens with one attached hydrogen (secondary N) is 2. The summed E-state index contributed by atoms with van der Waals surface area (Å²) >= 11 is 0. The molecule has 1 aromatic rings. The maximum Gasteiger partial charge on any atom is 0.416 e. The van der Waals surface area contributed by atoms with Gasteiger partial charge in [0, 0.05) is 26.1 Å². The monoisotopic (exact) mass is 452 g/mol. The van der Waals surface area contributed by atoms with Gasteiger partial charge >= 0.3 is 12.2 Å². The Morgan fingerprint density at radius 1 is 1.25 bits per heavy atom. The zero-order valence-corrected chi connectivity index (χ0v) is 18.3. The predicted octanol–water partition coefficient (Wildman–Crippen LogP) is 3.05. The molecule has 0 fully saturated rings. The van der Waals surface area contributed by atoms with Crippen molar-refractivity contribution >= 4 is 17.8 Å². The fourth-order valence-electron chi connectivity index (χ4n) is 3.95. The number of likely N-dealkylation sites (N-methyl/N-ethyl adjacent to an activating group) is 1. The third kappa shape index (κ3) is 4.73. The molecular weight excluding hydrogens is 425 g/mol. The SMILES string of the molecule is CCN1C(=O)NC(c2ccccc2C(F)(F)F)C2=C1CN(CCC(=O)NCC(C)C)C2=O. The van der Waals surface area contributed by atoms with Gasteiger partial charge in [-0.2, -0.15) is 13.2 Å². The molecular formula is C22H27F3N4O3. The second-order valence-corrected chi connectivity index (χ2v) is 8.25. The van der Waals surface area contributed by atoms with Crippen LogP contribution < -0.4 is 10.6 Å². The molecule has 2 aliphatic rings. The third-order valence-electron chi connectivity index (χ3n) is 5.51. The molecule has 4 amide bonds. The van der Waals surface area contributed by atoms with E-state index >= 15 is 0 Å². The van der Waals surface area contributed by atoms with Gasteiger partial charge in [0.15, 0.2) is 0 Å². The highest BCUT2D eigenvalue weighted by molar-refractivity contribution is 6.01. The van der Waals surface area contributed by atoms with Crippen molar-refractivity contribution in [3.05, 3.63) is 46.7 Å². The van der Waals surface area contributed by atoms with Crippen LogP contribution in [0.25, 0.3) is 0 Å². The molecule has 0 aromatic heterocycles. The number of alkyl halides is 3. The Balaban J connectivity index is 1.89. The van der Waals surface area contributed by atoms with E-state index in [1.807, 2.05) is 13.8 Å². The summed E-state index contributed by atoms with van der Waals surface area (Å²) in [5.74, 6) is -0.403. The molecule has 0 saturated carbocycles. The van der Waals surface area contributed by atoms with Crippen molar-refractivity contribution in [3.8, 4) is 0 Å². The van der Waals surface area contributed by atoms with E-state index < -0.39 is 29.7 Å². The van der Waals surface area contributed by atoms with Crippen LogP contribution in [0.1, 0.15) is 44.4 Å². The Labute approximate surface area is 184 Å². The van der Waals surface area contributed by atoms with Crippen LogP contribution in [-0.4, -0.2) is 53.8 Å². The van der Waals surface area contributed by atoms with E-state index in [-0.39, 0.29) is 49.0 Å². The molecule has 7 nitrogen and oxygen atoms in total. The van der Waals surface area contributed by atoms with Crippen molar-refractivity contribution in [1.82, 2.24) is 20.4 Å². The Morgan fingerprint density at radius 3 is 2.56 bits per heavy atom. The largest absolute Gasteiger partial charge is 0.416 e. The van der Waals surface area contributed by atoms with E-state index in [4.69, 9.17) is 0 Å². The summed E-state index contributed by atoms with van der Waals surface area (Å²) in [7, 11) is 0. The average Bonchev–Trinajstić information content (AvgIpc) is 3.05. The fourth-order valence-corrected chi connectivity index (χ4v) is 3.95. The van der Waals surface area contributed by atoms with Gasteiger partial charge in [-0.1, -0.05) is 32.0 Å². The van der Waals surface area contributed by atoms with Gasteiger partial charge in [-0.25, -0.2) is 4.79 Å². The summed E-state index contributed by atoms with van der Waals surface area (Å²) in [6.45, 7) is 6.59. The normalized spacial score (nSPS) is 18.9. The van der Waals surface area contributed by atoms with E-state index in [0.717, 1.165) is 6.07 Å². The molecule has 10 heteroatoms. The second kappa shape index (κ2) is 9.22. The lowest BCUT2D eigenvalue weighted by Crippen LogP contribution is -2.47. The first-order valence-corrected chi connectivity index (χ1v) is 10.6. The number of rotatable bonds is 7. The molecule has 1 atom stereocenters. The van der Waals surface area contributed by atoms with Crippen molar-refractivity contribution < 1.29 is 27.6 Å². The second-order valence-electron chi connectivity index (χ2n) is 8.25. The minimum absolute atomic E-state index is 0.0658. The van der Waals surface area contributed by atoms with E-state index in [0.29, 0.717) is 12.2 Å². The maximum absolute atomic E-state index is 13.6. The van der Waals surface area contributed by atoms with Gasteiger partial charge < -0.3 is 15.5 Å². The summed E-state index contributed by atoms with van der Waals surface area (Å²) in [4.78, 5) is 40.7. The first-order chi connectivity index (χ1) is 15.0. The smallest absolute Gasteiger partial charge is 0.356 e. The van der Waals surface area contributed by atoms with Crippen molar-refractivity contribution in [2.24, 2.45) is 5.92 Å². The molecule has 2 aliphatic heterocycles. The van der Waals surface area contributed by atoms with Gasteiger partial charge in [-0.15, -0.1) is 0 Å². The van der Waals surface area contributed by atoms with Gasteiger partial charge in [-0.3, -0.25) is 14.5 Å². The van der Waals surface area contributed by atoms with Crippen LogP contribution in [0.2, 0.25) is 0 Å². The lowest BCUT2D eigenvalue weighted by Gasteiger charge is -2.33. The van der Waals surface area contributed by atoms with Crippen molar-refractivity contribution in [2.45, 2.75) is 39.4 Å². The fraction of sp³-hybridized carbons (Fsp3) is 0.500. The molecule has 2 N–H and O–H groups in total. The number of carbonyl (C=O) groups excluding carboxylic acids is 3. The van der Waals surface area contributed by atoms with Crippen LogP contribution >= 0.6 is 0 Å². The summed E-state index contributed by atoms with van der Waals surface area (Å²) < 4.78 is 40.9. The number of urea groups is 1. The molecule has 0 aliphatic carbocycles. The molecule has 1 aromatic carbocycles. The highest BCUT2D eigenvalue weighted by Gasteiger charge is 2.46. The number of benzene rings is 1. The molecule has 0 radical (unpaired) electrons. The predicted molar refractivity (Wildman–Crippen MR) is 111 cm³/mol. The number of amides is 4. The van der Waals surface area contributed by atoms with Crippen molar-refractivity contribution in [3.63, 3.8) is 0 Å². The first-order valence-electron chi connectivity index (χ1n) is 10.6. The highest BCUT2D eigenvalue weighted by atomic mass is 19.4. The zero-order chi connectivity index (χ0) is 23.6. The highest BCUT2D eigenvalue weighted by Crippen LogP contribution is 2.41. The third-order valence-corrected chi connectivity index (χ3v) is 5.51. The molecule has 32 heavy (non-hydrogen) atoms. The molecule has 3 rings (SSSR count). The summed E-state index contributed by atoms with van der Waals surface area (Å²) in [5, 5.41) is 5.35. The standard InChI is InChI=1S/C22H27F3N4O3/c1-4-29-16-12-28(10-9-17(30)26-11-13(2)3)20(31)18(16)19(27-21(29)32)14-7-5-6-8-15(14)22(23,24)25/h5-8,13,19H,4,9-12H2,1-3H3,(H,26,30)(H,27,32). The van der Waals surface area contributed by atoms with Crippen molar-refractivity contribution in [2.75, 3.05) is 26.2 Å². The summed E-state index contributed by atoms with van der Waals surface area (Å²) in [6.07, 6.45) is -4.57. The quantitative estimate of drug-likeness (QED) is 0.667. The summed E-state index contributed by atoms with van der Waals surface area (Å²) in [5.41, 5.74) is -0.584. The number of hydrogen-bond acceptors (Lipinski definition) is 3. The van der Waals surface area contributed by atoms with Gasteiger partial charge in [0.1, 0.15) is 0 Å².